The number of nitrogens with two attached hydrogens (primary N) is 1. The lowest BCUT2D eigenvalue weighted by molar-refractivity contribution is -0.386. The average molecular weight is 255 g/mol. The van der Waals surface area contributed by atoms with Crippen LogP contribution in [0.5, 0.6) is 0 Å². The fraction of sp³-hybridized carbons (Fsp3) is 0.444. The van der Waals surface area contributed by atoms with Gasteiger partial charge in [-0.1, -0.05) is 0 Å². The number of aryl methyl sites for hydroxylation is 1. The zero-order valence-corrected chi connectivity index (χ0v) is 10.1. The topological polar surface area (TPSA) is 133 Å². The number of nitrogens with zero attached hydrogens (tertiary/aromatic N) is 3. The van der Waals surface area contributed by atoms with Crippen molar-refractivity contribution >= 4 is 17.6 Å². The fourth-order valence-corrected chi connectivity index (χ4v) is 1.63. The van der Waals surface area contributed by atoms with Crippen molar-refractivity contribution in [2.45, 2.75) is 26.8 Å². The summed E-state index contributed by atoms with van der Waals surface area (Å²) in [5, 5.41) is 16.6. The molecule has 0 aliphatic heterocycles. The van der Waals surface area contributed by atoms with E-state index in [0.29, 0.717) is 0 Å². The molecule has 9 heteroatoms. The van der Waals surface area contributed by atoms with Gasteiger partial charge in [0.05, 0.1) is 4.92 Å². The highest BCUT2D eigenvalue weighted by Gasteiger charge is 2.27. The van der Waals surface area contributed by atoms with Gasteiger partial charge >= 0.3 is 11.7 Å². The van der Waals surface area contributed by atoms with Gasteiger partial charge in [-0.05, 0) is 20.8 Å². The summed E-state index contributed by atoms with van der Waals surface area (Å²) in [6, 6.07) is -1.85. The number of hydrogen-bond acceptors (Lipinski definition) is 5. The first kappa shape index (κ1) is 13.6. The first-order chi connectivity index (χ1) is 8.25. The average Bonchev–Trinajstić information content (AvgIpc) is 2.51. The van der Waals surface area contributed by atoms with Crippen molar-refractivity contribution in [1.82, 2.24) is 15.1 Å². The van der Waals surface area contributed by atoms with Gasteiger partial charge in [0.1, 0.15) is 17.4 Å². The van der Waals surface area contributed by atoms with E-state index in [-0.39, 0.29) is 17.1 Å². The van der Waals surface area contributed by atoms with Crippen molar-refractivity contribution in [3.8, 4) is 0 Å². The Balaban J connectivity index is 3.11. The molecule has 1 rings (SSSR count). The van der Waals surface area contributed by atoms with Gasteiger partial charge in [0.2, 0.25) is 0 Å². The third-order valence-corrected chi connectivity index (χ3v) is 2.46. The van der Waals surface area contributed by atoms with Crippen molar-refractivity contribution < 1.29 is 14.5 Å². The molecule has 0 fully saturated rings. The molecule has 1 atom stereocenters. The van der Waals surface area contributed by atoms with E-state index in [1.807, 2.05) is 5.32 Å². The molecule has 18 heavy (non-hydrogen) atoms. The van der Waals surface area contributed by atoms with Gasteiger partial charge in [-0.25, -0.2) is 4.79 Å². The number of carbonyl (C=O) groups is 2. The summed E-state index contributed by atoms with van der Waals surface area (Å²) in [4.78, 5) is 32.4. The lowest BCUT2D eigenvalue weighted by Gasteiger charge is -2.11. The number of amides is 3. The molecule has 98 valence electrons. The molecule has 0 saturated heterocycles. The Kier molecular flexibility index (Phi) is 3.64. The smallest absolute Gasteiger partial charge is 0.318 e. The molecule has 3 amide bonds. The van der Waals surface area contributed by atoms with E-state index >= 15 is 0 Å². The number of imide groups is 1. The second kappa shape index (κ2) is 4.82. The number of hydrogen-bond donors (Lipinski definition) is 2. The molecule has 0 aliphatic carbocycles. The maximum absolute atomic E-state index is 11.6. The zero-order valence-electron chi connectivity index (χ0n) is 10.1. The van der Waals surface area contributed by atoms with Gasteiger partial charge in [-0.3, -0.25) is 24.9 Å². The summed E-state index contributed by atoms with van der Waals surface area (Å²) in [7, 11) is 0. The number of urea groups is 1. The Labute approximate surface area is 102 Å². The Hall–Kier alpha value is -2.45. The molecule has 3 N–H and O–H groups in total. The summed E-state index contributed by atoms with van der Waals surface area (Å²) in [5.41, 5.74) is 5.12. The quantitative estimate of drug-likeness (QED) is 0.586. The highest BCUT2D eigenvalue weighted by atomic mass is 16.6. The fourth-order valence-electron chi connectivity index (χ4n) is 1.63. The standard InChI is InChI=1S/C9H13N5O4/c1-4-7(14(17)18)5(2)13(12-4)6(3)8(15)11-9(10)16/h6H,1-3H3,(H3,10,11,15,16). The normalized spacial score (nSPS) is 11.9. The molecule has 0 saturated carbocycles. The lowest BCUT2D eigenvalue weighted by Crippen LogP contribution is -2.39. The molecule has 1 unspecified atom stereocenters. The summed E-state index contributed by atoms with van der Waals surface area (Å²) < 4.78 is 1.19. The molecule has 0 aromatic carbocycles. The maximum Gasteiger partial charge on any atom is 0.318 e. The predicted molar refractivity (Wildman–Crippen MR) is 60.8 cm³/mol. The summed E-state index contributed by atoms with van der Waals surface area (Å²) >= 11 is 0. The van der Waals surface area contributed by atoms with Gasteiger partial charge in [-0.15, -0.1) is 0 Å². The van der Waals surface area contributed by atoms with Gasteiger partial charge in [0, 0.05) is 0 Å². The van der Waals surface area contributed by atoms with Crippen molar-refractivity contribution in [3.63, 3.8) is 0 Å². The van der Waals surface area contributed by atoms with Crippen LogP contribution in [0.15, 0.2) is 0 Å². The molecule has 1 heterocycles. The van der Waals surface area contributed by atoms with E-state index < -0.39 is 22.9 Å². The lowest BCUT2D eigenvalue weighted by atomic mass is 10.3. The third kappa shape index (κ3) is 2.44. The molecule has 0 radical (unpaired) electrons. The van der Waals surface area contributed by atoms with Gasteiger partial charge in [0.25, 0.3) is 5.91 Å². The molecule has 1 aromatic rings. The molecular weight excluding hydrogens is 242 g/mol. The summed E-state index contributed by atoms with van der Waals surface area (Å²) in [6.45, 7) is 4.41. The first-order valence-corrected chi connectivity index (χ1v) is 5.06. The van der Waals surface area contributed by atoms with Crippen LogP contribution in [0.1, 0.15) is 24.4 Å². The van der Waals surface area contributed by atoms with Crippen molar-refractivity contribution in [3.05, 3.63) is 21.5 Å². The highest BCUT2D eigenvalue weighted by Crippen LogP contribution is 2.24. The molecule has 0 spiro atoms. The van der Waals surface area contributed by atoms with Crippen LogP contribution in [0, 0.1) is 24.0 Å². The Bertz CT molecular complexity index is 521. The number of nitro groups is 1. The van der Waals surface area contributed by atoms with Gasteiger partial charge in [0.15, 0.2) is 0 Å². The third-order valence-electron chi connectivity index (χ3n) is 2.46. The van der Waals surface area contributed by atoms with E-state index in [0.717, 1.165) is 0 Å². The summed E-state index contributed by atoms with van der Waals surface area (Å²) in [6.07, 6.45) is 0. The predicted octanol–water partition coefficient (Wildman–Crippen LogP) is 0.164. The van der Waals surface area contributed by atoms with Crippen LogP contribution in [0.2, 0.25) is 0 Å². The van der Waals surface area contributed by atoms with Gasteiger partial charge in [-0.2, -0.15) is 5.10 Å². The molecule has 0 aliphatic rings. The molecular formula is C9H13N5O4. The van der Waals surface area contributed by atoms with E-state index in [9.17, 15) is 19.7 Å². The molecule has 0 bridgehead atoms. The van der Waals surface area contributed by atoms with Crippen LogP contribution in [0.25, 0.3) is 0 Å². The minimum absolute atomic E-state index is 0.145. The van der Waals surface area contributed by atoms with Gasteiger partial charge < -0.3 is 5.73 Å². The molecule has 9 nitrogen and oxygen atoms in total. The minimum Gasteiger partial charge on any atom is -0.351 e. The Morgan fingerprint density at radius 2 is 2.06 bits per heavy atom. The largest absolute Gasteiger partial charge is 0.351 e. The van der Waals surface area contributed by atoms with Crippen LogP contribution in [-0.4, -0.2) is 26.6 Å². The number of nitrogens with one attached hydrogen (secondary N) is 1. The van der Waals surface area contributed by atoms with E-state index in [1.165, 1.54) is 25.5 Å². The minimum atomic E-state index is -0.983. The second-order valence-electron chi connectivity index (χ2n) is 3.75. The zero-order chi connectivity index (χ0) is 14.0. The second-order valence-corrected chi connectivity index (χ2v) is 3.75. The summed E-state index contributed by atoms with van der Waals surface area (Å²) in [5.74, 6) is -0.678. The number of aromatic nitrogens is 2. The number of carbonyl (C=O) groups excluding carboxylic acids is 2. The highest BCUT2D eigenvalue weighted by molar-refractivity contribution is 5.95. The first-order valence-electron chi connectivity index (χ1n) is 5.06. The Morgan fingerprint density at radius 1 is 1.50 bits per heavy atom. The van der Waals surface area contributed by atoms with Crippen LogP contribution >= 0.6 is 0 Å². The van der Waals surface area contributed by atoms with Crippen molar-refractivity contribution in [2.24, 2.45) is 5.73 Å². The van der Waals surface area contributed by atoms with E-state index in [4.69, 9.17) is 5.73 Å². The van der Waals surface area contributed by atoms with Crippen LogP contribution in [0.4, 0.5) is 10.5 Å². The van der Waals surface area contributed by atoms with Crippen LogP contribution in [-0.2, 0) is 4.79 Å². The SMILES string of the molecule is Cc1nn(C(C)C(=O)NC(N)=O)c(C)c1[N+](=O)[O-]. The van der Waals surface area contributed by atoms with E-state index in [2.05, 4.69) is 5.10 Å². The van der Waals surface area contributed by atoms with E-state index in [1.54, 1.807) is 0 Å². The monoisotopic (exact) mass is 255 g/mol. The van der Waals surface area contributed by atoms with Crippen LogP contribution in [0.3, 0.4) is 0 Å². The maximum atomic E-state index is 11.6. The van der Waals surface area contributed by atoms with Crippen molar-refractivity contribution in [1.29, 1.82) is 0 Å². The number of primary amides is 1. The number of rotatable bonds is 3. The Morgan fingerprint density at radius 3 is 2.44 bits per heavy atom. The molecule has 1 aromatic heterocycles. The van der Waals surface area contributed by atoms with Crippen LogP contribution < -0.4 is 11.1 Å². The van der Waals surface area contributed by atoms with Crippen molar-refractivity contribution in [2.75, 3.05) is 0 Å².